The summed E-state index contributed by atoms with van der Waals surface area (Å²) in [7, 11) is 0. The maximum Gasteiger partial charge on any atom is 0.258 e. The molecule has 0 aliphatic rings. The van der Waals surface area contributed by atoms with Crippen molar-refractivity contribution in [2.75, 3.05) is 5.32 Å². The quantitative estimate of drug-likeness (QED) is 0.556. The zero-order valence-electron chi connectivity index (χ0n) is 14.4. The predicted molar refractivity (Wildman–Crippen MR) is 100 cm³/mol. The van der Waals surface area contributed by atoms with Crippen molar-refractivity contribution in [3.63, 3.8) is 0 Å². The molecular weight excluding hydrogens is 298 g/mol. The molecule has 0 fully saturated rings. The SMILES string of the molecule is C#Cc1ccc2c(NC(C)C(C)(C)C)nc3cc[nH]c(=O)c3c2c1. The largest absolute Gasteiger partial charge is 0.367 e. The average Bonchev–Trinajstić information content (AvgIpc) is 2.53. The minimum Gasteiger partial charge on any atom is -0.367 e. The van der Waals surface area contributed by atoms with Crippen LogP contribution in [0.4, 0.5) is 5.82 Å². The molecule has 0 amide bonds. The summed E-state index contributed by atoms with van der Waals surface area (Å²) in [4.78, 5) is 19.7. The Hall–Kier alpha value is -2.80. The number of fused-ring (bicyclic) bond motifs is 3. The molecule has 2 N–H and O–H groups in total. The van der Waals surface area contributed by atoms with Gasteiger partial charge in [-0.3, -0.25) is 4.79 Å². The lowest BCUT2D eigenvalue weighted by Gasteiger charge is -2.29. The van der Waals surface area contributed by atoms with Crippen molar-refractivity contribution >= 4 is 27.5 Å². The number of nitrogens with zero attached hydrogens (tertiary/aromatic N) is 1. The minimum absolute atomic E-state index is 0.0792. The van der Waals surface area contributed by atoms with Crippen LogP contribution in [-0.4, -0.2) is 16.0 Å². The Balaban J connectivity index is 2.34. The Bertz CT molecular complexity index is 1020. The average molecular weight is 319 g/mol. The number of nitrogens with one attached hydrogen (secondary N) is 2. The Morgan fingerprint density at radius 1 is 1.25 bits per heavy atom. The van der Waals surface area contributed by atoms with Gasteiger partial charge in [0.1, 0.15) is 5.82 Å². The number of terminal acetylenes is 1. The monoisotopic (exact) mass is 319 g/mol. The number of aromatic amines is 1. The Morgan fingerprint density at radius 3 is 2.67 bits per heavy atom. The summed E-state index contributed by atoms with van der Waals surface area (Å²) >= 11 is 0. The van der Waals surface area contributed by atoms with Gasteiger partial charge in [0.05, 0.1) is 10.9 Å². The van der Waals surface area contributed by atoms with Crippen LogP contribution in [0.2, 0.25) is 0 Å². The molecule has 1 aromatic carbocycles. The van der Waals surface area contributed by atoms with E-state index in [-0.39, 0.29) is 17.0 Å². The molecule has 0 saturated carbocycles. The van der Waals surface area contributed by atoms with Crippen molar-refractivity contribution in [1.82, 2.24) is 9.97 Å². The zero-order chi connectivity index (χ0) is 17.5. The van der Waals surface area contributed by atoms with E-state index in [2.05, 4.69) is 43.9 Å². The number of benzene rings is 1. The Morgan fingerprint density at radius 2 is 2.00 bits per heavy atom. The molecule has 1 unspecified atom stereocenters. The van der Waals surface area contributed by atoms with Gasteiger partial charge in [-0.25, -0.2) is 4.98 Å². The van der Waals surface area contributed by atoms with Gasteiger partial charge in [-0.1, -0.05) is 26.7 Å². The van der Waals surface area contributed by atoms with E-state index in [0.717, 1.165) is 22.2 Å². The highest BCUT2D eigenvalue weighted by molar-refractivity contribution is 6.10. The lowest BCUT2D eigenvalue weighted by atomic mass is 9.88. The van der Waals surface area contributed by atoms with Gasteiger partial charge < -0.3 is 10.3 Å². The summed E-state index contributed by atoms with van der Waals surface area (Å²) in [5, 5.41) is 5.78. The Labute approximate surface area is 141 Å². The molecule has 4 nitrogen and oxygen atoms in total. The first-order valence-corrected chi connectivity index (χ1v) is 7.99. The van der Waals surface area contributed by atoms with Crippen molar-refractivity contribution in [3.8, 4) is 12.3 Å². The fourth-order valence-corrected chi connectivity index (χ4v) is 2.58. The molecule has 2 aromatic heterocycles. The van der Waals surface area contributed by atoms with Crippen LogP contribution < -0.4 is 10.9 Å². The number of hydrogen-bond donors (Lipinski definition) is 2. The number of H-pyrrole nitrogens is 1. The number of aromatic nitrogens is 2. The van der Waals surface area contributed by atoms with Crippen molar-refractivity contribution in [2.24, 2.45) is 5.41 Å². The van der Waals surface area contributed by atoms with Crippen LogP contribution in [0.3, 0.4) is 0 Å². The highest BCUT2D eigenvalue weighted by Gasteiger charge is 2.21. The molecule has 0 aliphatic heterocycles. The normalized spacial score (nSPS) is 13.0. The van der Waals surface area contributed by atoms with Gasteiger partial charge in [-0.05, 0) is 36.6 Å². The standard InChI is InChI=1S/C20H21N3O/c1-6-13-7-8-14-15(11-13)17-16(9-10-21-19(17)24)23-18(14)22-12(2)20(3,4)5/h1,7-12H,2-5H3,(H,21,24)(H,22,23). The molecule has 0 bridgehead atoms. The molecular formula is C20H21N3O. The van der Waals surface area contributed by atoms with E-state index in [1.54, 1.807) is 6.20 Å². The van der Waals surface area contributed by atoms with Crippen molar-refractivity contribution < 1.29 is 0 Å². The minimum atomic E-state index is -0.158. The summed E-state index contributed by atoms with van der Waals surface area (Å²) < 4.78 is 0. The van der Waals surface area contributed by atoms with Crippen LogP contribution in [0.25, 0.3) is 21.7 Å². The molecule has 0 aliphatic carbocycles. The van der Waals surface area contributed by atoms with Crippen LogP contribution in [0.5, 0.6) is 0 Å². The number of anilines is 1. The van der Waals surface area contributed by atoms with Crippen LogP contribution in [0.15, 0.2) is 35.3 Å². The van der Waals surface area contributed by atoms with Crippen molar-refractivity contribution in [2.45, 2.75) is 33.7 Å². The summed E-state index contributed by atoms with van der Waals surface area (Å²) in [5.41, 5.74) is 1.32. The molecule has 0 radical (unpaired) electrons. The second-order valence-corrected chi connectivity index (χ2v) is 7.16. The van der Waals surface area contributed by atoms with E-state index < -0.39 is 0 Å². The van der Waals surface area contributed by atoms with Crippen LogP contribution in [-0.2, 0) is 0 Å². The first-order valence-electron chi connectivity index (χ1n) is 7.99. The van der Waals surface area contributed by atoms with E-state index >= 15 is 0 Å². The maximum atomic E-state index is 12.3. The molecule has 0 saturated heterocycles. The van der Waals surface area contributed by atoms with Crippen LogP contribution in [0.1, 0.15) is 33.3 Å². The number of hydrogen-bond acceptors (Lipinski definition) is 3. The van der Waals surface area contributed by atoms with Crippen LogP contribution in [0, 0.1) is 17.8 Å². The third-order valence-electron chi connectivity index (χ3n) is 4.53. The highest BCUT2D eigenvalue weighted by Crippen LogP contribution is 2.30. The molecule has 2 heterocycles. The van der Waals surface area contributed by atoms with E-state index in [4.69, 9.17) is 11.4 Å². The molecule has 4 heteroatoms. The molecule has 24 heavy (non-hydrogen) atoms. The zero-order valence-corrected chi connectivity index (χ0v) is 14.4. The Kier molecular flexibility index (Phi) is 3.81. The van der Waals surface area contributed by atoms with Gasteiger partial charge in [-0.15, -0.1) is 6.42 Å². The summed E-state index contributed by atoms with van der Waals surface area (Å²) in [6, 6.07) is 7.70. The molecule has 3 rings (SSSR count). The number of rotatable bonds is 2. The first kappa shape index (κ1) is 16.1. The van der Waals surface area contributed by atoms with E-state index in [0.29, 0.717) is 10.9 Å². The van der Waals surface area contributed by atoms with Gasteiger partial charge >= 0.3 is 0 Å². The second kappa shape index (κ2) is 5.68. The molecule has 3 aromatic rings. The molecule has 1 atom stereocenters. The van der Waals surface area contributed by atoms with Crippen molar-refractivity contribution in [3.05, 3.63) is 46.4 Å². The van der Waals surface area contributed by atoms with Gasteiger partial charge in [0.2, 0.25) is 0 Å². The lowest BCUT2D eigenvalue weighted by Crippen LogP contribution is -2.31. The van der Waals surface area contributed by atoms with E-state index in [1.165, 1.54) is 0 Å². The topological polar surface area (TPSA) is 57.8 Å². The van der Waals surface area contributed by atoms with E-state index in [1.807, 2.05) is 24.3 Å². The third kappa shape index (κ3) is 2.74. The van der Waals surface area contributed by atoms with Gasteiger partial charge in [0, 0.05) is 28.6 Å². The smallest absolute Gasteiger partial charge is 0.258 e. The summed E-state index contributed by atoms with van der Waals surface area (Å²) in [6.45, 7) is 8.66. The first-order chi connectivity index (χ1) is 11.3. The summed E-state index contributed by atoms with van der Waals surface area (Å²) in [5.74, 6) is 3.41. The predicted octanol–water partition coefficient (Wildman–Crippen LogP) is 3.90. The highest BCUT2D eigenvalue weighted by atomic mass is 16.1. The van der Waals surface area contributed by atoms with Gasteiger partial charge in [-0.2, -0.15) is 0 Å². The summed E-state index contributed by atoms with van der Waals surface area (Å²) in [6.07, 6.45) is 7.15. The van der Waals surface area contributed by atoms with Crippen molar-refractivity contribution in [1.29, 1.82) is 0 Å². The van der Waals surface area contributed by atoms with Gasteiger partial charge in [0.15, 0.2) is 0 Å². The third-order valence-corrected chi connectivity index (χ3v) is 4.53. The fourth-order valence-electron chi connectivity index (χ4n) is 2.58. The van der Waals surface area contributed by atoms with Gasteiger partial charge in [0.25, 0.3) is 5.56 Å². The number of pyridine rings is 2. The lowest BCUT2D eigenvalue weighted by molar-refractivity contribution is 0.359. The fraction of sp³-hybridized carbons (Fsp3) is 0.300. The molecule has 0 spiro atoms. The van der Waals surface area contributed by atoms with E-state index in [9.17, 15) is 4.79 Å². The second-order valence-electron chi connectivity index (χ2n) is 7.16. The van der Waals surface area contributed by atoms with Crippen LogP contribution >= 0.6 is 0 Å². The maximum absolute atomic E-state index is 12.3. The molecule has 122 valence electrons.